The number of ether oxygens (including phenoxy) is 2. The van der Waals surface area contributed by atoms with Crippen LogP contribution in [-0.4, -0.2) is 5.11 Å². The van der Waals surface area contributed by atoms with Gasteiger partial charge in [0.25, 0.3) is 0 Å². The van der Waals surface area contributed by atoms with Gasteiger partial charge in [-0.25, -0.2) is 0 Å². The molecule has 0 amide bonds. The third-order valence-corrected chi connectivity index (χ3v) is 6.41. The van der Waals surface area contributed by atoms with E-state index in [9.17, 15) is 5.11 Å². The minimum atomic E-state index is -0.484. The minimum absolute atomic E-state index is 0.459. The quantitative estimate of drug-likeness (QED) is 0.199. The molecule has 0 fully saturated rings. The first-order valence-electron chi connectivity index (χ1n) is 13.4. The predicted molar refractivity (Wildman–Crippen MR) is 145 cm³/mol. The van der Waals surface area contributed by atoms with E-state index in [0.29, 0.717) is 24.7 Å². The van der Waals surface area contributed by atoms with E-state index < -0.39 is 6.10 Å². The van der Waals surface area contributed by atoms with E-state index >= 15 is 0 Å². The van der Waals surface area contributed by atoms with Gasteiger partial charge in [-0.1, -0.05) is 131 Å². The molecule has 1 N–H and O–H groups in total. The van der Waals surface area contributed by atoms with Crippen molar-refractivity contribution in [3.63, 3.8) is 0 Å². The van der Waals surface area contributed by atoms with E-state index in [-0.39, 0.29) is 0 Å². The summed E-state index contributed by atoms with van der Waals surface area (Å²) >= 11 is 0. The van der Waals surface area contributed by atoms with Crippen molar-refractivity contribution in [2.75, 3.05) is 0 Å². The fraction of sp³-hybridized carbons (Fsp3) is 0.438. The molecule has 0 bridgehead atoms. The van der Waals surface area contributed by atoms with Gasteiger partial charge in [-0.15, -0.1) is 0 Å². The Morgan fingerprint density at radius 3 is 1.69 bits per heavy atom. The van der Waals surface area contributed by atoms with E-state index in [1.54, 1.807) is 0 Å². The zero-order chi connectivity index (χ0) is 24.6. The molecule has 3 aromatic carbocycles. The Morgan fingerprint density at radius 2 is 1.11 bits per heavy atom. The van der Waals surface area contributed by atoms with Gasteiger partial charge >= 0.3 is 0 Å². The monoisotopic (exact) mass is 474 g/mol. The van der Waals surface area contributed by atoms with Gasteiger partial charge in [0.2, 0.25) is 0 Å². The average Bonchev–Trinajstić information content (AvgIpc) is 2.91. The number of hydrogen-bond acceptors (Lipinski definition) is 3. The van der Waals surface area contributed by atoms with Crippen molar-refractivity contribution in [2.45, 2.75) is 90.4 Å². The summed E-state index contributed by atoms with van der Waals surface area (Å²) in [5.74, 6) is 1.37. The first-order chi connectivity index (χ1) is 17.3. The highest BCUT2D eigenvalue weighted by Gasteiger charge is 2.13. The lowest BCUT2D eigenvalue weighted by Crippen LogP contribution is -2.03. The molecule has 0 aliphatic carbocycles. The highest BCUT2D eigenvalue weighted by Crippen LogP contribution is 2.33. The predicted octanol–water partition coefficient (Wildman–Crippen LogP) is 8.80. The van der Waals surface area contributed by atoms with Gasteiger partial charge in [0.1, 0.15) is 13.2 Å². The number of benzene rings is 3. The first-order valence-corrected chi connectivity index (χ1v) is 13.4. The van der Waals surface area contributed by atoms with Gasteiger partial charge in [-0.3, -0.25) is 0 Å². The van der Waals surface area contributed by atoms with Gasteiger partial charge in [0.05, 0.1) is 6.10 Å². The normalized spacial score (nSPS) is 11.8. The third-order valence-electron chi connectivity index (χ3n) is 6.41. The molecule has 0 spiro atoms. The zero-order valence-electron chi connectivity index (χ0n) is 21.3. The maximum atomic E-state index is 10.8. The van der Waals surface area contributed by atoms with E-state index in [2.05, 4.69) is 6.92 Å². The Hall–Kier alpha value is -2.78. The lowest BCUT2D eigenvalue weighted by molar-refractivity contribution is 0.162. The zero-order valence-corrected chi connectivity index (χ0v) is 21.3. The molecule has 0 saturated carbocycles. The second kappa shape index (κ2) is 16.0. The first kappa shape index (κ1) is 26.8. The number of hydrogen-bond donors (Lipinski definition) is 1. The van der Waals surface area contributed by atoms with Crippen LogP contribution in [0.4, 0.5) is 0 Å². The van der Waals surface area contributed by atoms with Crippen LogP contribution in [0.5, 0.6) is 11.5 Å². The molecule has 3 nitrogen and oxygen atoms in total. The maximum Gasteiger partial charge on any atom is 0.162 e. The van der Waals surface area contributed by atoms with Crippen molar-refractivity contribution in [2.24, 2.45) is 0 Å². The van der Waals surface area contributed by atoms with Crippen molar-refractivity contribution in [3.05, 3.63) is 95.6 Å². The van der Waals surface area contributed by atoms with Crippen LogP contribution in [-0.2, 0) is 13.2 Å². The molecule has 0 aliphatic rings. The standard InChI is InChI=1S/C32H42O3/c1-2-3-4-5-6-7-8-9-16-21-30(33)29-22-23-31(34-25-27-17-12-10-13-18-27)32(24-29)35-26-28-19-14-11-15-20-28/h10-15,17-20,22-24,30,33H,2-9,16,21,25-26H2,1H3. The second-order valence-corrected chi connectivity index (χ2v) is 9.39. The molecule has 0 aliphatic heterocycles. The largest absolute Gasteiger partial charge is 0.485 e. The van der Waals surface area contributed by atoms with Crippen LogP contribution < -0.4 is 9.47 Å². The van der Waals surface area contributed by atoms with Gasteiger partial charge < -0.3 is 14.6 Å². The summed E-state index contributed by atoms with van der Waals surface area (Å²) in [5, 5.41) is 10.8. The maximum absolute atomic E-state index is 10.8. The van der Waals surface area contributed by atoms with Crippen LogP contribution in [0, 0.1) is 0 Å². The molecule has 35 heavy (non-hydrogen) atoms. The van der Waals surface area contributed by atoms with Crippen molar-refractivity contribution < 1.29 is 14.6 Å². The molecule has 0 radical (unpaired) electrons. The highest BCUT2D eigenvalue weighted by molar-refractivity contribution is 5.44. The molecule has 1 unspecified atom stereocenters. The molecule has 0 saturated heterocycles. The van der Waals surface area contributed by atoms with Crippen LogP contribution in [0.2, 0.25) is 0 Å². The smallest absolute Gasteiger partial charge is 0.162 e. The van der Waals surface area contributed by atoms with E-state index in [0.717, 1.165) is 29.5 Å². The molecule has 3 heteroatoms. The molecular weight excluding hydrogens is 432 g/mol. The molecule has 3 rings (SSSR count). The summed E-state index contributed by atoms with van der Waals surface area (Å²) in [6.45, 7) is 3.19. The van der Waals surface area contributed by atoms with Crippen LogP contribution in [0.3, 0.4) is 0 Å². The Kier molecular flexibility index (Phi) is 12.3. The minimum Gasteiger partial charge on any atom is -0.485 e. The number of aliphatic hydroxyl groups excluding tert-OH is 1. The summed E-state index contributed by atoms with van der Waals surface area (Å²) in [6.07, 6.45) is 11.8. The van der Waals surface area contributed by atoms with Crippen LogP contribution in [0.1, 0.15) is 93.9 Å². The van der Waals surface area contributed by atoms with E-state index in [4.69, 9.17) is 9.47 Å². The second-order valence-electron chi connectivity index (χ2n) is 9.39. The fourth-order valence-corrected chi connectivity index (χ4v) is 4.25. The molecular formula is C32H42O3. The van der Waals surface area contributed by atoms with Crippen LogP contribution in [0.25, 0.3) is 0 Å². The lowest BCUT2D eigenvalue weighted by atomic mass is 10.0. The van der Waals surface area contributed by atoms with Crippen molar-refractivity contribution in [3.8, 4) is 11.5 Å². The Balaban J connectivity index is 1.53. The topological polar surface area (TPSA) is 38.7 Å². The number of rotatable bonds is 17. The Labute approximate surface area is 212 Å². The van der Waals surface area contributed by atoms with Gasteiger partial charge in [0, 0.05) is 0 Å². The fourth-order valence-electron chi connectivity index (χ4n) is 4.25. The van der Waals surface area contributed by atoms with E-state index in [1.165, 1.54) is 51.4 Å². The Morgan fingerprint density at radius 1 is 0.600 bits per heavy atom. The molecule has 0 aromatic heterocycles. The molecule has 188 valence electrons. The lowest BCUT2D eigenvalue weighted by Gasteiger charge is -2.17. The summed E-state index contributed by atoms with van der Waals surface area (Å²) in [5.41, 5.74) is 3.10. The summed E-state index contributed by atoms with van der Waals surface area (Å²) < 4.78 is 12.3. The number of unbranched alkanes of at least 4 members (excludes halogenated alkanes) is 8. The van der Waals surface area contributed by atoms with Crippen molar-refractivity contribution in [1.29, 1.82) is 0 Å². The van der Waals surface area contributed by atoms with Gasteiger partial charge in [-0.05, 0) is 35.2 Å². The van der Waals surface area contributed by atoms with Gasteiger partial charge in [0.15, 0.2) is 11.5 Å². The van der Waals surface area contributed by atoms with E-state index in [1.807, 2.05) is 78.9 Å². The third kappa shape index (κ3) is 10.2. The summed E-state index contributed by atoms with van der Waals surface area (Å²) in [4.78, 5) is 0. The molecule has 3 aromatic rings. The highest BCUT2D eigenvalue weighted by atomic mass is 16.5. The molecule has 1 atom stereocenters. The molecule has 0 heterocycles. The van der Waals surface area contributed by atoms with Gasteiger partial charge in [-0.2, -0.15) is 0 Å². The average molecular weight is 475 g/mol. The summed E-state index contributed by atoms with van der Waals surface area (Å²) in [6, 6.07) is 26.1. The van der Waals surface area contributed by atoms with Crippen molar-refractivity contribution >= 4 is 0 Å². The SMILES string of the molecule is CCCCCCCCCCCC(O)c1ccc(OCc2ccccc2)c(OCc2ccccc2)c1. The number of aliphatic hydroxyl groups is 1. The summed E-state index contributed by atoms with van der Waals surface area (Å²) in [7, 11) is 0. The Bertz CT molecular complexity index is 940. The van der Waals surface area contributed by atoms with Crippen LogP contribution >= 0.6 is 0 Å². The van der Waals surface area contributed by atoms with Crippen molar-refractivity contribution in [1.82, 2.24) is 0 Å². The van der Waals surface area contributed by atoms with Crippen LogP contribution in [0.15, 0.2) is 78.9 Å².